The number of phenols is 1. The number of hydrogen-bond donors (Lipinski definition) is 3. The van der Waals surface area contributed by atoms with Crippen LogP contribution in [0.3, 0.4) is 0 Å². The Morgan fingerprint density at radius 2 is 1.79 bits per heavy atom. The molecule has 0 radical (unpaired) electrons. The van der Waals surface area contributed by atoms with Crippen LogP contribution < -0.4 is 15.4 Å². The summed E-state index contributed by atoms with van der Waals surface area (Å²) < 4.78 is 11.2. The Labute approximate surface area is 204 Å². The second-order valence-corrected chi connectivity index (χ2v) is 10.5. The molecule has 34 heavy (non-hydrogen) atoms. The van der Waals surface area contributed by atoms with Gasteiger partial charge in [0.1, 0.15) is 23.6 Å². The first-order valence-corrected chi connectivity index (χ1v) is 11.9. The third-order valence-electron chi connectivity index (χ3n) is 5.08. The van der Waals surface area contributed by atoms with Crippen molar-refractivity contribution in [2.24, 2.45) is 10.4 Å². The molecule has 0 fully saturated rings. The molecule has 0 saturated carbocycles. The van der Waals surface area contributed by atoms with Gasteiger partial charge in [0, 0.05) is 18.3 Å². The Bertz CT molecular complexity index is 840. The SMILES string of the molecule is CCCCNC(=O)[C@@H](NC(=O)[C@@H](N=Cc1cc(OC)ccc1O)C(C)(C)C)[C@@H](C)OC(C)(C)C. The molecule has 0 saturated heterocycles. The summed E-state index contributed by atoms with van der Waals surface area (Å²) >= 11 is 0. The van der Waals surface area contributed by atoms with Crippen LogP contribution in [0.4, 0.5) is 0 Å². The number of ether oxygens (including phenoxy) is 2. The van der Waals surface area contributed by atoms with Crippen molar-refractivity contribution >= 4 is 18.0 Å². The molecule has 1 aromatic carbocycles. The number of methoxy groups -OCH3 is 1. The summed E-state index contributed by atoms with van der Waals surface area (Å²) in [7, 11) is 1.53. The summed E-state index contributed by atoms with van der Waals surface area (Å²) in [5, 5.41) is 15.9. The number of phenolic OH excluding ortho intramolecular Hbond substituents is 1. The predicted octanol–water partition coefficient (Wildman–Crippen LogP) is 3.84. The minimum absolute atomic E-state index is 0.0259. The van der Waals surface area contributed by atoms with Crippen LogP contribution in [0.5, 0.6) is 11.5 Å². The fourth-order valence-electron chi connectivity index (χ4n) is 3.35. The van der Waals surface area contributed by atoms with Crippen LogP contribution in [0, 0.1) is 5.41 Å². The highest BCUT2D eigenvalue weighted by Crippen LogP contribution is 2.25. The van der Waals surface area contributed by atoms with Gasteiger partial charge in [0.2, 0.25) is 11.8 Å². The highest BCUT2D eigenvalue weighted by atomic mass is 16.5. The lowest BCUT2D eigenvalue weighted by Crippen LogP contribution is -2.57. The van der Waals surface area contributed by atoms with Gasteiger partial charge >= 0.3 is 0 Å². The fraction of sp³-hybridized carbons (Fsp3) is 0.654. The maximum atomic E-state index is 13.4. The zero-order valence-electron chi connectivity index (χ0n) is 22.2. The minimum Gasteiger partial charge on any atom is -0.507 e. The summed E-state index contributed by atoms with van der Waals surface area (Å²) in [5.41, 5.74) is -0.607. The van der Waals surface area contributed by atoms with Crippen LogP contribution in [-0.4, -0.2) is 60.6 Å². The molecular formula is C26H43N3O5. The maximum absolute atomic E-state index is 13.4. The molecule has 0 heterocycles. The van der Waals surface area contributed by atoms with E-state index in [1.54, 1.807) is 19.1 Å². The van der Waals surface area contributed by atoms with Crippen molar-refractivity contribution in [1.82, 2.24) is 10.6 Å². The number of hydrogen-bond acceptors (Lipinski definition) is 6. The molecule has 3 N–H and O–H groups in total. The minimum atomic E-state index is -0.881. The third-order valence-corrected chi connectivity index (χ3v) is 5.08. The number of amides is 2. The van der Waals surface area contributed by atoms with Crippen LogP contribution in [0.1, 0.15) is 73.8 Å². The molecular weight excluding hydrogens is 434 g/mol. The van der Waals surface area contributed by atoms with Crippen LogP contribution in [0.2, 0.25) is 0 Å². The molecule has 0 aliphatic heterocycles. The van der Waals surface area contributed by atoms with Crippen LogP contribution in [-0.2, 0) is 14.3 Å². The Hall–Kier alpha value is -2.61. The monoisotopic (exact) mass is 477 g/mol. The topological polar surface area (TPSA) is 109 Å². The van der Waals surface area contributed by atoms with E-state index in [9.17, 15) is 14.7 Å². The second-order valence-electron chi connectivity index (χ2n) is 10.5. The number of nitrogens with one attached hydrogen (secondary N) is 2. The number of unbranched alkanes of at least 4 members (excludes halogenated alkanes) is 1. The van der Waals surface area contributed by atoms with E-state index in [0.717, 1.165) is 12.8 Å². The van der Waals surface area contributed by atoms with Gasteiger partial charge in [-0.25, -0.2) is 0 Å². The molecule has 3 atom stereocenters. The van der Waals surface area contributed by atoms with Gasteiger partial charge in [0.15, 0.2) is 0 Å². The highest BCUT2D eigenvalue weighted by molar-refractivity contribution is 5.92. The van der Waals surface area contributed by atoms with Crippen molar-refractivity contribution in [2.75, 3.05) is 13.7 Å². The summed E-state index contributed by atoms with van der Waals surface area (Å²) in [6, 6.07) is 3.09. The smallest absolute Gasteiger partial charge is 0.246 e. The lowest BCUT2D eigenvalue weighted by molar-refractivity contribution is -0.138. The largest absolute Gasteiger partial charge is 0.507 e. The maximum Gasteiger partial charge on any atom is 0.246 e. The highest BCUT2D eigenvalue weighted by Gasteiger charge is 2.36. The Kier molecular flexibility index (Phi) is 11.0. The molecule has 192 valence electrons. The number of aliphatic imine (C=N–C) groups is 1. The lowest BCUT2D eigenvalue weighted by Gasteiger charge is -2.33. The van der Waals surface area contributed by atoms with Gasteiger partial charge < -0.3 is 25.2 Å². The van der Waals surface area contributed by atoms with Gasteiger partial charge in [0.25, 0.3) is 0 Å². The van der Waals surface area contributed by atoms with Crippen molar-refractivity contribution in [3.8, 4) is 11.5 Å². The quantitative estimate of drug-likeness (QED) is 0.331. The molecule has 2 amide bonds. The number of benzene rings is 1. The zero-order chi connectivity index (χ0) is 26.1. The van der Waals surface area contributed by atoms with Gasteiger partial charge in [0.05, 0.1) is 18.8 Å². The average Bonchev–Trinajstić information content (AvgIpc) is 2.71. The molecule has 1 rings (SSSR count). The molecule has 0 aromatic heterocycles. The van der Waals surface area contributed by atoms with Crippen molar-refractivity contribution in [2.45, 2.75) is 92.0 Å². The van der Waals surface area contributed by atoms with Gasteiger partial charge in [-0.05, 0) is 57.7 Å². The summed E-state index contributed by atoms with van der Waals surface area (Å²) in [5.74, 6) is -0.0993. The van der Waals surface area contributed by atoms with Crippen molar-refractivity contribution in [3.05, 3.63) is 23.8 Å². The first kappa shape index (κ1) is 29.4. The first-order valence-electron chi connectivity index (χ1n) is 11.9. The summed E-state index contributed by atoms with van der Waals surface area (Å²) in [6.45, 7) is 15.7. The van der Waals surface area contributed by atoms with Crippen molar-refractivity contribution in [3.63, 3.8) is 0 Å². The molecule has 0 bridgehead atoms. The lowest BCUT2D eigenvalue weighted by atomic mass is 9.86. The Morgan fingerprint density at radius 1 is 1.15 bits per heavy atom. The van der Waals surface area contributed by atoms with E-state index < -0.39 is 35.1 Å². The number of rotatable bonds is 11. The Balaban J connectivity index is 3.19. The van der Waals surface area contributed by atoms with Crippen LogP contribution in [0.25, 0.3) is 0 Å². The number of aromatic hydroxyl groups is 1. The van der Waals surface area contributed by atoms with E-state index in [2.05, 4.69) is 15.6 Å². The van der Waals surface area contributed by atoms with E-state index in [1.165, 1.54) is 19.4 Å². The van der Waals surface area contributed by atoms with Crippen molar-refractivity contribution in [1.29, 1.82) is 0 Å². The summed E-state index contributed by atoms with van der Waals surface area (Å²) in [6.07, 6.45) is 2.69. The molecule has 0 spiro atoms. The van der Waals surface area contributed by atoms with Crippen molar-refractivity contribution < 1.29 is 24.2 Å². The van der Waals surface area contributed by atoms with E-state index in [1.807, 2.05) is 48.5 Å². The first-order chi connectivity index (χ1) is 15.7. The Morgan fingerprint density at radius 3 is 2.32 bits per heavy atom. The molecule has 0 aliphatic carbocycles. The van der Waals surface area contributed by atoms with E-state index in [-0.39, 0.29) is 11.7 Å². The molecule has 0 unspecified atom stereocenters. The van der Waals surface area contributed by atoms with E-state index in [4.69, 9.17) is 9.47 Å². The van der Waals surface area contributed by atoms with Gasteiger partial charge in [-0.2, -0.15) is 0 Å². The van der Waals surface area contributed by atoms with Gasteiger partial charge in [-0.15, -0.1) is 0 Å². The number of carbonyl (C=O) groups excluding carboxylic acids is 2. The normalized spacial score (nSPS) is 15.0. The van der Waals surface area contributed by atoms with E-state index >= 15 is 0 Å². The van der Waals surface area contributed by atoms with Crippen LogP contribution in [0.15, 0.2) is 23.2 Å². The predicted molar refractivity (Wildman–Crippen MR) is 136 cm³/mol. The third kappa shape index (κ3) is 9.71. The van der Waals surface area contributed by atoms with Gasteiger partial charge in [-0.1, -0.05) is 34.1 Å². The van der Waals surface area contributed by atoms with Crippen LogP contribution >= 0.6 is 0 Å². The number of carbonyl (C=O) groups is 2. The molecule has 1 aromatic rings. The molecule has 0 aliphatic rings. The fourth-order valence-corrected chi connectivity index (χ4v) is 3.35. The van der Waals surface area contributed by atoms with Gasteiger partial charge in [-0.3, -0.25) is 14.6 Å². The zero-order valence-corrected chi connectivity index (χ0v) is 22.2. The summed E-state index contributed by atoms with van der Waals surface area (Å²) in [4.78, 5) is 30.8. The van der Waals surface area contributed by atoms with E-state index in [0.29, 0.717) is 17.9 Å². The molecule has 8 heteroatoms. The second kappa shape index (κ2) is 12.7. The number of nitrogens with zero attached hydrogens (tertiary/aromatic N) is 1. The average molecular weight is 478 g/mol. The molecule has 8 nitrogen and oxygen atoms in total. The standard InChI is InChI=1S/C26H43N3O5/c1-10-11-14-27-23(31)21(17(2)34-26(6,7)8)29-24(32)22(25(3,4)5)28-16-18-15-19(33-9)12-13-20(18)30/h12-13,15-17,21-22,30H,10-11,14H2,1-9H3,(H,27,31)(H,29,32)/t17-,21+,22-/m1/s1.